The van der Waals surface area contributed by atoms with Gasteiger partial charge in [0.1, 0.15) is 0 Å². The Morgan fingerprint density at radius 2 is 2.05 bits per heavy atom. The molecule has 1 amide bonds. The van der Waals surface area contributed by atoms with Gasteiger partial charge in [0.15, 0.2) is 0 Å². The van der Waals surface area contributed by atoms with Crippen LogP contribution in [0.4, 0.5) is 0 Å². The van der Waals surface area contributed by atoms with E-state index in [1.54, 1.807) is 11.3 Å². The van der Waals surface area contributed by atoms with Crippen molar-refractivity contribution in [1.29, 1.82) is 0 Å². The van der Waals surface area contributed by atoms with Crippen molar-refractivity contribution >= 4 is 33.2 Å². The van der Waals surface area contributed by atoms with Gasteiger partial charge in [0.2, 0.25) is 5.91 Å². The Morgan fingerprint density at radius 1 is 1.37 bits per heavy atom. The van der Waals surface area contributed by atoms with Gasteiger partial charge >= 0.3 is 0 Å². The summed E-state index contributed by atoms with van der Waals surface area (Å²) in [6.45, 7) is 5.91. The van der Waals surface area contributed by atoms with Gasteiger partial charge in [-0.05, 0) is 60.5 Å². The highest BCUT2D eigenvalue weighted by Gasteiger charge is 2.24. The number of halogens is 1. The van der Waals surface area contributed by atoms with Gasteiger partial charge in [-0.2, -0.15) is 0 Å². The number of thiophene rings is 1. The van der Waals surface area contributed by atoms with Crippen LogP contribution in [0.15, 0.2) is 15.9 Å². The zero-order valence-corrected chi connectivity index (χ0v) is 13.9. The molecule has 0 aliphatic carbocycles. The Labute approximate surface area is 127 Å². The maximum absolute atomic E-state index is 12.3. The number of carbonyl (C=O) groups excluding carboxylic acids is 1. The summed E-state index contributed by atoms with van der Waals surface area (Å²) in [5.74, 6) is 0.235. The van der Waals surface area contributed by atoms with E-state index in [0.717, 1.165) is 30.4 Å². The number of likely N-dealkylation sites (tertiary alicyclic amines) is 1. The van der Waals surface area contributed by atoms with Crippen molar-refractivity contribution in [1.82, 2.24) is 10.2 Å². The molecule has 0 saturated carbocycles. The van der Waals surface area contributed by atoms with E-state index in [2.05, 4.69) is 39.6 Å². The Kier molecular flexibility index (Phi) is 5.42. The number of carbonyl (C=O) groups is 1. The Balaban J connectivity index is 1.91. The lowest BCUT2D eigenvalue weighted by Gasteiger charge is -2.30. The number of amides is 1. The topological polar surface area (TPSA) is 32.3 Å². The summed E-state index contributed by atoms with van der Waals surface area (Å²) in [7, 11) is 0. The van der Waals surface area contributed by atoms with Crippen molar-refractivity contribution in [3.63, 3.8) is 0 Å². The van der Waals surface area contributed by atoms with Crippen LogP contribution in [0.1, 0.15) is 44.0 Å². The van der Waals surface area contributed by atoms with Crippen LogP contribution in [0.3, 0.4) is 0 Å². The summed E-state index contributed by atoms with van der Waals surface area (Å²) < 4.78 is 1.12. The van der Waals surface area contributed by atoms with E-state index in [1.165, 1.54) is 11.3 Å². The third-order valence-corrected chi connectivity index (χ3v) is 5.63. The number of hydrogen-bond acceptors (Lipinski definition) is 3. The molecule has 0 spiro atoms. The monoisotopic (exact) mass is 344 g/mol. The Hall–Kier alpha value is -0.390. The van der Waals surface area contributed by atoms with E-state index in [9.17, 15) is 4.79 Å². The minimum atomic E-state index is -0.123. The number of hydrogen-bond donors (Lipinski definition) is 1. The van der Waals surface area contributed by atoms with E-state index in [-0.39, 0.29) is 18.0 Å². The zero-order valence-electron chi connectivity index (χ0n) is 11.5. The molecular weight excluding hydrogens is 324 g/mol. The van der Waals surface area contributed by atoms with Crippen molar-refractivity contribution in [3.8, 4) is 0 Å². The molecule has 2 rings (SSSR count). The second kappa shape index (κ2) is 6.86. The summed E-state index contributed by atoms with van der Waals surface area (Å²) >= 11 is 5.26. The highest BCUT2D eigenvalue weighted by molar-refractivity contribution is 9.10. The van der Waals surface area contributed by atoms with Gasteiger partial charge in [0.05, 0.1) is 6.04 Å². The molecular formula is C14H21BrN2OS. The smallest absolute Gasteiger partial charge is 0.239 e. The molecule has 0 bridgehead atoms. The lowest BCUT2D eigenvalue weighted by molar-refractivity contribution is -0.134. The fraction of sp³-hybridized carbons (Fsp3) is 0.643. The minimum absolute atomic E-state index is 0.123. The SMILES string of the molecule is CC(NC(C)c1sccc1Br)C(=O)N1CCCCC1. The standard InChI is InChI=1S/C14H21BrN2OS/c1-10(13-12(15)6-9-19-13)16-11(2)14(18)17-7-4-3-5-8-17/h6,9-11,16H,3-5,7-8H2,1-2H3. The van der Waals surface area contributed by atoms with Crippen LogP contribution in [0.5, 0.6) is 0 Å². The summed E-state index contributed by atoms with van der Waals surface area (Å²) in [6.07, 6.45) is 3.54. The number of rotatable bonds is 4. The molecule has 1 aliphatic heterocycles. The van der Waals surface area contributed by atoms with Crippen molar-refractivity contribution in [2.24, 2.45) is 0 Å². The van der Waals surface area contributed by atoms with Gasteiger partial charge in [0.25, 0.3) is 0 Å². The Morgan fingerprint density at radius 3 is 2.63 bits per heavy atom. The lowest BCUT2D eigenvalue weighted by atomic mass is 10.1. The molecule has 2 unspecified atom stereocenters. The molecule has 1 fully saturated rings. The van der Waals surface area contributed by atoms with Gasteiger partial charge < -0.3 is 4.90 Å². The van der Waals surface area contributed by atoms with Crippen molar-refractivity contribution in [2.45, 2.75) is 45.2 Å². The van der Waals surface area contributed by atoms with Gasteiger partial charge in [-0.25, -0.2) is 0 Å². The third-order valence-electron chi connectivity index (χ3n) is 3.58. The van der Waals surface area contributed by atoms with E-state index < -0.39 is 0 Å². The van der Waals surface area contributed by atoms with Gasteiger partial charge in [0, 0.05) is 28.5 Å². The minimum Gasteiger partial charge on any atom is -0.341 e. The molecule has 0 radical (unpaired) electrons. The molecule has 3 nitrogen and oxygen atoms in total. The average Bonchev–Trinajstić information content (AvgIpc) is 2.85. The maximum atomic E-state index is 12.3. The largest absolute Gasteiger partial charge is 0.341 e. The van der Waals surface area contributed by atoms with Crippen LogP contribution in [0, 0.1) is 0 Å². The first-order valence-corrected chi connectivity index (χ1v) is 8.54. The van der Waals surface area contributed by atoms with E-state index in [1.807, 2.05) is 11.8 Å². The molecule has 1 saturated heterocycles. The van der Waals surface area contributed by atoms with E-state index >= 15 is 0 Å². The number of nitrogens with one attached hydrogen (secondary N) is 1. The highest BCUT2D eigenvalue weighted by Crippen LogP contribution is 2.29. The van der Waals surface area contributed by atoms with E-state index in [0.29, 0.717) is 0 Å². The maximum Gasteiger partial charge on any atom is 0.239 e. The molecule has 1 N–H and O–H groups in total. The van der Waals surface area contributed by atoms with Gasteiger partial charge in [-0.1, -0.05) is 0 Å². The number of piperidine rings is 1. The summed E-state index contributed by atoms with van der Waals surface area (Å²) in [6, 6.07) is 2.12. The van der Waals surface area contributed by atoms with Crippen LogP contribution in [0.2, 0.25) is 0 Å². The predicted octanol–water partition coefficient (Wildman–Crippen LogP) is 3.56. The molecule has 2 atom stereocenters. The second-order valence-electron chi connectivity index (χ2n) is 5.13. The fourth-order valence-corrected chi connectivity index (χ4v) is 4.26. The van der Waals surface area contributed by atoms with Crippen LogP contribution in [-0.2, 0) is 4.79 Å². The zero-order chi connectivity index (χ0) is 13.8. The van der Waals surface area contributed by atoms with Crippen LogP contribution >= 0.6 is 27.3 Å². The predicted molar refractivity (Wildman–Crippen MR) is 83.5 cm³/mol. The van der Waals surface area contributed by atoms with Crippen molar-refractivity contribution in [3.05, 3.63) is 20.8 Å². The van der Waals surface area contributed by atoms with E-state index in [4.69, 9.17) is 0 Å². The first kappa shape index (κ1) is 15.0. The molecule has 106 valence electrons. The lowest BCUT2D eigenvalue weighted by Crippen LogP contribution is -2.47. The van der Waals surface area contributed by atoms with Crippen molar-refractivity contribution in [2.75, 3.05) is 13.1 Å². The van der Waals surface area contributed by atoms with Crippen LogP contribution in [0.25, 0.3) is 0 Å². The molecule has 1 aliphatic rings. The summed E-state index contributed by atoms with van der Waals surface area (Å²) in [4.78, 5) is 15.6. The molecule has 1 aromatic heterocycles. The number of nitrogens with zero attached hydrogens (tertiary/aromatic N) is 1. The highest BCUT2D eigenvalue weighted by atomic mass is 79.9. The summed E-state index contributed by atoms with van der Waals surface area (Å²) in [5, 5.41) is 5.47. The fourth-order valence-electron chi connectivity index (χ4n) is 2.52. The molecule has 2 heterocycles. The van der Waals surface area contributed by atoms with Crippen LogP contribution in [-0.4, -0.2) is 29.9 Å². The van der Waals surface area contributed by atoms with Crippen LogP contribution < -0.4 is 5.32 Å². The van der Waals surface area contributed by atoms with Gasteiger partial charge in [-0.15, -0.1) is 11.3 Å². The van der Waals surface area contributed by atoms with Gasteiger partial charge in [-0.3, -0.25) is 10.1 Å². The summed E-state index contributed by atoms with van der Waals surface area (Å²) in [5.41, 5.74) is 0. The molecule has 19 heavy (non-hydrogen) atoms. The average molecular weight is 345 g/mol. The normalized spacial score (nSPS) is 19.2. The Bertz CT molecular complexity index is 429. The first-order valence-electron chi connectivity index (χ1n) is 6.87. The quantitative estimate of drug-likeness (QED) is 0.905. The van der Waals surface area contributed by atoms with Crippen molar-refractivity contribution < 1.29 is 4.79 Å². The third kappa shape index (κ3) is 3.80. The molecule has 1 aromatic rings. The first-order chi connectivity index (χ1) is 9.09. The second-order valence-corrected chi connectivity index (χ2v) is 6.93. The molecule has 5 heteroatoms. The molecule has 0 aromatic carbocycles.